The maximum atomic E-state index is 12.1. The number of benzene rings is 4. The second-order valence-corrected chi connectivity index (χ2v) is 6.99. The summed E-state index contributed by atoms with van der Waals surface area (Å²) in [7, 11) is 0. The number of carbonyl (C=O) groups excluding carboxylic acids is 1. The molecule has 0 bridgehead atoms. The molecule has 2 nitrogen and oxygen atoms in total. The summed E-state index contributed by atoms with van der Waals surface area (Å²) in [6.45, 7) is 0. The third-order valence-corrected chi connectivity index (χ3v) is 4.91. The van der Waals surface area contributed by atoms with Gasteiger partial charge in [-0.05, 0) is 40.5 Å². The largest absolute Gasteiger partial charge is 0.423 e. The van der Waals surface area contributed by atoms with Crippen LogP contribution < -0.4 is 4.74 Å². The highest BCUT2D eigenvalue weighted by Gasteiger charge is 2.16. The summed E-state index contributed by atoms with van der Waals surface area (Å²) in [5.74, 6) is 0.255. The van der Waals surface area contributed by atoms with Crippen LogP contribution in [0.25, 0.3) is 6.08 Å². The lowest BCUT2D eigenvalue weighted by Gasteiger charge is -2.19. The minimum Gasteiger partial charge on any atom is -0.423 e. The Balaban J connectivity index is 1.52. The molecule has 0 N–H and O–H groups in total. The SMILES string of the molecule is O=C(/C=C/c1ccccc1)Oc1ccc(C(c2ccccc2)c2ccccc2)cc1. The van der Waals surface area contributed by atoms with Crippen LogP contribution in [0.3, 0.4) is 0 Å². The molecule has 0 atom stereocenters. The Morgan fingerprint density at radius 2 is 1.07 bits per heavy atom. The summed E-state index contributed by atoms with van der Waals surface area (Å²) in [6, 6.07) is 38.2. The van der Waals surface area contributed by atoms with Crippen molar-refractivity contribution < 1.29 is 9.53 Å². The van der Waals surface area contributed by atoms with E-state index in [1.807, 2.05) is 66.7 Å². The van der Waals surface area contributed by atoms with Gasteiger partial charge in [-0.1, -0.05) is 103 Å². The van der Waals surface area contributed by atoms with Crippen LogP contribution in [0.1, 0.15) is 28.2 Å². The van der Waals surface area contributed by atoms with Crippen LogP contribution in [-0.2, 0) is 4.79 Å². The Bertz CT molecular complexity index is 1060. The molecule has 0 aliphatic carbocycles. The third kappa shape index (κ3) is 4.92. The Morgan fingerprint density at radius 1 is 0.600 bits per heavy atom. The molecule has 0 saturated carbocycles. The topological polar surface area (TPSA) is 26.3 Å². The molecular weight excluding hydrogens is 368 g/mol. The fraction of sp³-hybridized carbons (Fsp3) is 0.0357. The first-order valence-corrected chi connectivity index (χ1v) is 9.94. The zero-order valence-electron chi connectivity index (χ0n) is 16.5. The molecular formula is C28H22O2. The van der Waals surface area contributed by atoms with E-state index in [0.29, 0.717) is 5.75 Å². The van der Waals surface area contributed by atoms with Crippen LogP contribution in [-0.4, -0.2) is 5.97 Å². The minimum atomic E-state index is -0.394. The number of hydrogen-bond donors (Lipinski definition) is 0. The number of esters is 1. The van der Waals surface area contributed by atoms with Crippen molar-refractivity contribution in [2.24, 2.45) is 0 Å². The monoisotopic (exact) mass is 390 g/mol. The van der Waals surface area contributed by atoms with Crippen molar-refractivity contribution in [2.75, 3.05) is 0 Å². The Hall–Kier alpha value is -3.91. The van der Waals surface area contributed by atoms with Gasteiger partial charge in [0.05, 0.1) is 0 Å². The highest BCUT2D eigenvalue weighted by Crippen LogP contribution is 2.32. The van der Waals surface area contributed by atoms with E-state index in [-0.39, 0.29) is 5.92 Å². The average molecular weight is 390 g/mol. The van der Waals surface area contributed by atoms with Crippen molar-refractivity contribution in [3.63, 3.8) is 0 Å². The van der Waals surface area contributed by atoms with Crippen molar-refractivity contribution in [1.29, 1.82) is 0 Å². The van der Waals surface area contributed by atoms with Gasteiger partial charge in [0.25, 0.3) is 0 Å². The van der Waals surface area contributed by atoms with Gasteiger partial charge in [-0.15, -0.1) is 0 Å². The van der Waals surface area contributed by atoms with Gasteiger partial charge < -0.3 is 4.74 Å². The number of hydrogen-bond acceptors (Lipinski definition) is 2. The first-order chi connectivity index (χ1) is 14.8. The van der Waals surface area contributed by atoms with E-state index in [1.165, 1.54) is 17.2 Å². The van der Waals surface area contributed by atoms with E-state index < -0.39 is 5.97 Å². The van der Waals surface area contributed by atoms with Gasteiger partial charge in [0.1, 0.15) is 5.75 Å². The van der Waals surface area contributed by atoms with E-state index in [1.54, 1.807) is 6.08 Å². The minimum absolute atomic E-state index is 0.120. The summed E-state index contributed by atoms with van der Waals surface area (Å²) in [4.78, 5) is 12.1. The summed E-state index contributed by atoms with van der Waals surface area (Å²) in [5.41, 5.74) is 4.55. The number of rotatable bonds is 6. The molecule has 0 aliphatic heterocycles. The van der Waals surface area contributed by atoms with Crippen molar-refractivity contribution in [1.82, 2.24) is 0 Å². The van der Waals surface area contributed by atoms with Crippen LogP contribution in [0.15, 0.2) is 121 Å². The predicted octanol–water partition coefficient (Wildman–Crippen LogP) is 6.49. The summed E-state index contributed by atoms with van der Waals surface area (Å²) < 4.78 is 5.46. The summed E-state index contributed by atoms with van der Waals surface area (Å²) in [6.07, 6.45) is 3.19. The maximum Gasteiger partial charge on any atom is 0.336 e. The van der Waals surface area contributed by atoms with Crippen molar-refractivity contribution in [3.05, 3.63) is 144 Å². The second-order valence-electron chi connectivity index (χ2n) is 6.99. The molecule has 0 saturated heterocycles. The van der Waals surface area contributed by atoms with Gasteiger partial charge in [-0.3, -0.25) is 0 Å². The van der Waals surface area contributed by atoms with Gasteiger partial charge in [-0.2, -0.15) is 0 Å². The molecule has 0 fully saturated rings. The standard InChI is InChI=1S/C28H22O2/c29-27(21-16-22-10-4-1-5-11-22)30-26-19-17-25(18-20-26)28(23-12-6-2-7-13-23)24-14-8-3-9-15-24/h1-21,28H/b21-16+. The lowest BCUT2D eigenvalue weighted by Crippen LogP contribution is -2.05. The van der Waals surface area contributed by atoms with Crippen LogP contribution in [0.2, 0.25) is 0 Å². The lowest BCUT2D eigenvalue weighted by atomic mass is 9.85. The van der Waals surface area contributed by atoms with Crippen LogP contribution in [0.5, 0.6) is 5.75 Å². The predicted molar refractivity (Wildman–Crippen MR) is 121 cm³/mol. The lowest BCUT2D eigenvalue weighted by molar-refractivity contribution is -0.128. The van der Waals surface area contributed by atoms with Crippen LogP contribution in [0, 0.1) is 0 Å². The molecule has 4 aromatic carbocycles. The van der Waals surface area contributed by atoms with Gasteiger partial charge in [-0.25, -0.2) is 4.79 Å². The molecule has 0 amide bonds. The molecule has 4 rings (SSSR count). The fourth-order valence-corrected chi connectivity index (χ4v) is 3.48. The summed E-state index contributed by atoms with van der Waals surface area (Å²) >= 11 is 0. The fourth-order valence-electron chi connectivity index (χ4n) is 3.48. The van der Waals surface area contributed by atoms with E-state index in [2.05, 4.69) is 48.5 Å². The van der Waals surface area contributed by atoms with E-state index in [4.69, 9.17) is 4.74 Å². The van der Waals surface area contributed by atoms with Gasteiger partial charge in [0.15, 0.2) is 0 Å². The molecule has 0 heterocycles. The second kappa shape index (κ2) is 9.53. The van der Waals surface area contributed by atoms with E-state index >= 15 is 0 Å². The molecule has 4 aromatic rings. The van der Waals surface area contributed by atoms with Gasteiger partial charge in [0.2, 0.25) is 0 Å². The quantitative estimate of drug-likeness (QED) is 0.163. The summed E-state index contributed by atoms with van der Waals surface area (Å²) in [5, 5.41) is 0. The molecule has 0 unspecified atom stereocenters. The molecule has 0 spiro atoms. The average Bonchev–Trinajstić information content (AvgIpc) is 2.81. The normalized spacial score (nSPS) is 11.0. The highest BCUT2D eigenvalue weighted by atomic mass is 16.5. The Morgan fingerprint density at radius 3 is 1.60 bits per heavy atom. The van der Waals surface area contributed by atoms with Crippen LogP contribution in [0.4, 0.5) is 0 Å². The molecule has 146 valence electrons. The van der Waals surface area contributed by atoms with Crippen molar-refractivity contribution in [3.8, 4) is 5.75 Å². The van der Waals surface area contributed by atoms with Gasteiger partial charge in [0, 0.05) is 12.0 Å². The first kappa shape index (κ1) is 19.4. The molecule has 2 heteroatoms. The highest BCUT2D eigenvalue weighted by molar-refractivity contribution is 5.88. The van der Waals surface area contributed by atoms with E-state index in [0.717, 1.165) is 11.1 Å². The smallest absolute Gasteiger partial charge is 0.336 e. The number of carbonyl (C=O) groups is 1. The number of ether oxygens (including phenoxy) is 1. The Kier molecular flexibility index (Phi) is 6.16. The maximum absolute atomic E-state index is 12.1. The molecule has 0 radical (unpaired) electrons. The zero-order chi connectivity index (χ0) is 20.6. The molecule has 0 aliphatic rings. The van der Waals surface area contributed by atoms with Crippen LogP contribution >= 0.6 is 0 Å². The van der Waals surface area contributed by atoms with Crippen molar-refractivity contribution >= 4 is 12.0 Å². The molecule has 30 heavy (non-hydrogen) atoms. The zero-order valence-corrected chi connectivity index (χ0v) is 16.5. The third-order valence-electron chi connectivity index (χ3n) is 4.91. The van der Waals surface area contributed by atoms with E-state index in [9.17, 15) is 4.79 Å². The first-order valence-electron chi connectivity index (χ1n) is 9.94. The molecule has 0 aromatic heterocycles. The van der Waals surface area contributed by atoms with Gasteiger partial charge >= 0.3 is 5.97 Å². The Labute approximate surface area is 177 Å². The van der Waals surface area contributed by atoms with Crippen molar-refractivity contribution in [2.45, 2.75) is 5.92 Å².